The molecule has 0 bridgehead atoms. The average molecular weight is 303 g/mol. The van der Waals surface area contributed by atoms with Gasteiger partial charge >= 0.3 is 5.97 Å². The van der Waals surface area contributed by atoms with E-state index in [1.54, 1.807) is 0 Å². The van der Waals surface area contributed by atoms with Crippen LogP contribution in [0.1, 0.15) is 57.8 Å². The van der Waals surface area contributed by atoms with Crippen molar-refractivity contribution in [2.45, 2.75) is 63.8 Å². The van der Waals surface area contributed by atoms with E-state index in [2.05, 4.69) is 0 Å². The van der Waals surface area contributed by atoms with Crippen LogP contribution in [0.5, 0.6) is 0 Å². The predicted molar refractivity (Wildman–Crippen MR) is 77.0 cm³/mol. The van der Waals surface area contributed by atoms with Gasteiger partial charge in [-0.2, -0.15) is 4.31 Å². The van der Waals surface area contributed by atoms with Crippen molar-refractivity contribution in [2.24, 2.45) is 5.92 Å². The summed E-state index contributed by atoms with van der Waals surface area (Å²) in [7, 11) is -3.45. The van der Waals surface area contributed by atoms with Crippen LogP contribution in [-0.4, -0.2) is 42.1 Å². The lowest BCUT2D eigenvalue weighted by Gasteiger charge is -2.29. The Kier molecular flexibility index (Phi) is 5.43. The van der Waals surface area contributed by atoms with Gasteiger partial charge in [-0.05, 0) is 31.6 Å². The standard InChI is InChI=1S/C14H25NO4S/c16-14(17)13-9-5-2-6-10-15(13)20(18,19)11-12-7-3-1-4-8-12/h12-13H,1-11H2,(H,16,17). The first-order valence-electron chi connectivity index (χ1n) is 7.73. The second-order valence-electron chi connectivity index (χ2n) is 6.10. The molecular weight excluding hydrogens is 278 g/mol. The lowest BCUT2D eigenvalue weighted by atomic mass is 9.91. The van der Waals surface area contributed by atoms with Gasteiger partial charge in [-0.25, -0.2) is 8.42 Å². The van der Waals surface area contributed by atoms with E-state index in [1.165, 1.54) is 10.7 Å². The molecule has 1 unspecified atom stereocenters. The van der Waals surface area contributed by atoms with E-state index in [-0.39, 0.29) is 11.7 Å². The normalized spacial score (nSPS) is 27.1. The molecule has 1 saturated heterocycles. The van der Waals surface area contributed by atoms with E-state index in [0.29, 0.717) is 13.0 Å². The number of carbonyl (C=O) groups is 1. The maximum Gasteiger partial charge on any atom is 0.322 e. The third-order valence-corrected chi connectivity index (χ3v) is 6.56. The van der Waals surface area contributed by atoms with E-state index in [9.17, 15) is 18.3 Å². The topological polar surface area (TPSA) is 74.7 Å². The summed E-state index contributed by atoms with van der Waals surface area (Å²) in [6.45, 7) is 0.367. The number of nitrogens with zero attached hydrogens (tertiary/aromatic N) is 1. The molecule has 1 N–H and O–H groups in total. The summed E-state index contributed by atoms with van der Waals surface area (Å²) in [5.74, 6) is -0.651. The molecule has 0 aromatic carbocycles. The molecule has 2 aliphatic rings. The van der Waals surface area contributed by atoms with Crippen molar-refractivity contribution >= 4 is 16.0 Å². The molecule has 5 nitrogen and oxygen atoms in total. The van der Waals surface area contributed by atoms with Crippen LogP contribution in [0.2, 0.25) is 0 Å². The lowest BCUT2D eigenvalue weighted by molar-refractivity contribution is -0.141. The summed E-state index contributed by atoms with van der Waals surface area (Å²) in [6, 6.07) is -0.855. The largest absolute Gasteiger partial charge is 0.480 e. The van der Waals surface area contributed by atoms with Crippen LogP contribution in [-0.2, 0) is 14.8 Å². The van der Waals surface area contributed by atoms with E-state index < -0.39 is 22.0 Å². The third kappa shape index (κ3) is 3.95. The summed E-state index contributed by atoms with van der Waals surface area (Å²) in [6.07, 6.45) is 8.25. The minimum Gasteiger partial charge on any atom is -0.480 e. The highest BCUT2D eigenvalue weighted by atomic mass is 32.2. The highest BCUT2D eigenvalue weighted by Gasteiger charge is 2.36. The smallest absolute Gasteiger partial charge is 0.322 e. The Morgan fingerprint density at radius 3 is 2.25 bits per heavy atom. The van der Waals surface area contributed by atoms with Gasteiger partial charge in [0, 0.05) is 6.54 Å². The molecule has 0 aromatic rings. The summed E-state index contributed by atoms with van der Waals surface area (Å²) in [5.41, 5.74) is 0. The highest BCUT2D eigenvalue weighted by molar-refractivity contribution is 7.89. The Morgan fingerprint density at radius 2 is 1.60 bits per heavy atom. The van der Waals surface area contributed by atoms with E-state index >= 15 is 0 Å². The third-order valence-electron chi connectivity index (χ3n) is 4.52. The first-order chi connectivity index (χ1) is 9.50. The zero-order chi connectivity index (χ0) is 14.6. The maximum absolute atomic E-state index is 12.6. The molecule has 6 heteroatoms. The number of carboxylic acid groups (broad SMARTS) is 1. The fourth-order valence-corrected chi connectivity index (χ4v) is 5.52. The zero-order valence-corrected chi connectivity index (χ0v) is 12.8. The summed E-state index contributed by atoms with van der Waals surface area (Å²) in [5, 5.41) is 9.30. The van der Waals surface area contributed by atoms with Crippen LogP contribution in [0.4, 0.5) is 0 Å². The van der Waals surface area contributed by atoms with Gasteiger partial charge in [-0.1, -0.05) is 32.1 Å². The predicted octanol–water partition coefficient (Wildman–Crippen LogP) is 2.23. The minimum atomic E-state index is -3.45. The van der Waals surface area contributed by atoms with Gasteiger partial charge in [-0.3, -0.25) is 4.79 Å². The van der Waals surface area contributed by atoms with Gasteiger partial charge in [0.1, 0.15) is 6.04 Å². The molecular formula is C14H25NO4S. The highest BCUT2D eigenvalue weighted by Crippen LogP contribution is 2.28. The van der Waals surface area contributed by atoms with Crippen LogP contribution in [0.3, 0.4) is 0 Å². The number of hydrogen-bond donors (Lipinski definition) is 1. The van der Waals surface area contributed by atoms with Gasteiger partial charge in [0.15, 0.2) is 0 Å². The van der Waals surface area contributed by atoms with Crippen LogP contribution >= 0.6 is 0 Å². The molecule has 0 spiro atoms. The monoisotopic (exact) mass is 303 g/mol. The van der Waals surface area contributed by atoms with Gasteiger partial charge < -0.3 is 5.11 Å². The number of carboxylic acids is 1. The van der Waals surface area contributed by atoms with Crippen molar-refractivity contribution in [3.8, 4) is 0 Å². The molecule has 0 aromatic heterocycles. The summed E-state index contributed by atoms with van der Waals surface area (Å²) in [4.78, 5) is 11.4. The van der Waals surface area contributed by atoms with Crippen LogP contribution in [0.15, 0.2) is 0 Å². The van der Waals surface area contributed by atoms with Gasteiger partial charge in [-0.15, -0.1) is 0 Å². The maximum atomic E-state index is 12.6. The first-order valence-corrected chi connectivity index (χ1v) is 9.34. The molecule has 1 aliphatic heterocycles. The number of aliphatic carboxylic acids is 1. The Balaban J connectivity index is 2.09. The molecule has 1 atom stereocenters. The molecule has 116 valence electrons. The quantitative estimate of drug-likeness (QED) is 0.864. The number of sulfonamides is 1. The van der Waals surface area contributed by atoms with Crippen molar-refractivity contribution in [3.05, 3.63) is 0 Å². The van der Waals surface area contributed by atoms with Crippen LogP contribution in [0.25, 0.3) is 0 Å². The van der Waals surface area contributed by atoms with Crippen molar-refractivity contribution in [3.63, 3.8) is 0 Å². The van der Waals surface area contributed by atoms with E-state index in [1.807, 2.05) is 0 Å². The van der Waals surface area contributed by atoms with Gasteiger partial charge in [0.2, 0.25) is 10.0 Å². The minimum absolute atomic E-state index is 0.136. The average Bonchev–Trinajstić information content (AvgIpc) is 2.65. The summed E-state index contributed by atoms with van der Waals surface area (Å²) >= 11 is 0. The molecule has 0 amide bonds. The number of hydrogen-bond acceptors (Lipinski definition) is 3. The summed E-state index contributed by atoms with van der Waals surface area (Å²) < 4.78 is 26.4. The molecule has 20 heavy (non-hydrogen) atoms. The molecule has 1 saturated carbocycles. The van der Waals surface area contributed by atoms with E-state index in [4.69, 9.17) is 0 Å². The molecule has 1 heterocycles. The molecule has 0 radical (unpaired) electrons. The second-order valence-corrected chi connectivity index (χ2v) is 8.06. The van der Waals surface area contributed by atoms with Crippen molar-refractivity contribution < 1.29 is 18.3 Å². The fourth-order valence-electron chi connectivity index (χ4n) is 3.41. The van der Waals surface area contributed by atoms with Gasteiger partial charge in [0.05, 0.1) is 5.75 Å². The Bertz CT molecular complexity index is 428. The van der Waals surface area contributed by atoms with Crippen LogP contribution in [0, 0.1) is 5.92 Å². The molecule has 2 rings (SSSR count). The SMILES string of the molecule is O=C(O)C1CCCCCN1S(=O)(=O)CC1CCCCC1. The Hall–Kier alpha value is -0.620. The Morgan fingerprint density at radius 1 is 1.00 bits per heavy atom. The molecule has 2 fully saturated rings. The number of rotatable bonds is 4. The van der Waals surface area contributed by atoms with Gasteiger partial charge in [0.25, 0.3) is 0 Å². The van der Waals surface area contributed by atoms with Crippen molar-refractivity contribution in [1.29, 1.82) is 0 Å². The lowest BCUT2D eigenvalue weighted by Crippen LogP contribution is -2.46. The second kappa shape index (κ2) is 6.89. The van der Waals surface area contributed by atoms with Crippen LogP contribution < -0.4 is 0 Å². The zero-order valence-electron chi connectivity index (χ0n) is 12.0. The Labute approximate surface area is 121 Å². The first kappa shape index (κ1) is 15.8. The van der Waals surface area contributed by atoms with Crippen molar-refractivity contribution in [2.75, 3.05) is 12.3 Å². The fraction of sp³-hybridized carbons (Fsp3) is 0.929. The van der Waals surface area contributed by atoms with E-state index in [0.717, 1.165) is 44.9 Å². The van der Waals surface area contributed by atoms with Crippen molar-refractivity contribution in [1.82, 2.24) is 4.31 Å². The molecule has 1 aliphatic carbocycles.